The molecular formula is C19H25N3O3S2. The van der Waals surface area contributed by atoms with Crippen LogP contribution in [0.5, 0.6) is 0 Å². The quantitative estimate of drug-likeness (QED) is 0.796. The molecule has 0 saturated carbocycles. The number of carbonyl (C=O) groups is 1. The van der Waals surface area contributed by atoms with Crippen LogP contribution >= 0.6 is 11.3 Å². The molecule has 0 atom stereocenters. The zero-order chi connectivity index (χ0) is 19.4. The number of aromatic nitrogens is 1. The van der Waals surface area contributed by atoms with Gasteiger partial charge in [-0.2, -0.15) is 0 Å². The lowest BCUT2D eigenvalue weighted by molar-refractivity contribution is 0.102. The lowest BCUT2D eigenvalue weighted by Crippen LogP contribution is -2.32. The number of thiazole rings is 1. The first-order chi connectivity index (χ1) is 12.8. The Bertz CT molecular complexity index is 883. The summed E-state index contributed by atoms with van der Waals surface area (Å²) in [5, 5.41) is 5.40. The van der Waals surface area contributed by atoms with E-state index in [1.54, 1.807) is 24.3 Å². The van der Waals surface area contributed by atoms with Crippen LogP contribution in [0.2, 0.25) is 0 Å². The van der Waals surface area contributed by atoms with Crippen LogP contribution in [0.4, 0.5) is 5.13 Å². The van der Waals surface area contributed by atoms with Gasteiger partial charge in [0.1, 0.15) is 0 Å². The Morgan fingerprint density at radius 1 is 1.26 bits per heavy atom. The number of benzene rings is 1. The van der Waals surface area contributed by atoms with Crippen LogP contribution in [0.1, 0.15) is 41.4 Å². The molecule has 27 heavy (non-hydrogen) atoms. The number of rotatable bonds is 6. The number of piperidine rings is 1. The van der Waals surface area contributed by atoms with E-state index in [1.165, 1.54) is 30.4 Å². The largest absolute Gasteiger partial charge is 0.298 e. The maximum Gasteiger partial charge on any atom is 0.257 e. The monoisotopic (exact) mass is 407 g/mol. The van der Waals surface area contributed by atoms with Crippen molar-refractivity contribution in [3.8, 4) is 0 Å². The third-order valence-corrected chi connectivity index (χ3v) is 6.34. The van der Waals surface area contributed by atoms with Gasteiger partial charge in [-0.3, -0.25) is 15.0 Å². The molecule has 1 aromatic heterocycles. The van der Waals surface area contributed by atoms with Gasteiger partial charge in [-0.25, -0.2) is 13.4 Å². The fourth-order valence-corrected chi connectivity index (χ4v) is 4.61. The Morgan fingerprint density at radius 2 is 1.93 bits per heavy atom. The molecule has 0 radical (unpaired) electrons. The van der Waals surface area contributed by atoms with Crippen molar-refractivity contribution in [3.63, 3.8) is 0 Å². The predicted molar refractivity (Wildman–Crippen MR) is 109 cm³/mol. The minimum absolute atomic E-state index is 0.0278. The summed E-state index contributed by atoms with van der Waals surface area (Å²) in [5.41, 5.74) is 2.13. The van der Waals surface area contributed by atoms with E-state index in [-0.39, 0.29) is 11.7 Å². The number of carbonyl (C=O) groups excluding carboxylic acids is 1. The number of nitrogens with one attached hydrogen (secondary N) is 1. The van der Waals surface area contributed by atoms with Gasteiger partial charge in [-0.05, 0) is 49.5 Å². The number of amides is 1. The van der Waals surface area contributed by atoms with Crippen LogP contribution in [-0.4, -0.2) is 43.6 Å². The van der Waals surface area contributed by atoms with E-state index < -0.39 is 9.84 Å². The van der Waals surface area contributed by atoms with Crippen molar-refractivity contribution in [3.05, 3.63) is 46.5 Å². The lowest BCUT2D eigenvalue weighted by atomic mass is 9.99. The smallest absolute Gasteiger partial charge is 0.257 e. The second-order valence-electron chi connectivity index (χ2n) is 7.32. The zero-order valence-electron chi connectivity index (χ0n) is 15.6. The van der Waals surface area contributed by atoms with Crippen LogP contribution in [0.15, 0.2) is 29.6 Å². The van der Waals surface area contributed by atoms with Gasteiger partial charge in [-0.1, -0.05) is 19.1 Å². The molecular weight excluding hydrogens is 382 g/mol. The van der Waals surface area contributed by atoms with Crippen LogP contribution in [0.3, 0.4) is 0 Å². The van der Waals surface area contributed by atoms with E-state index in [4.69, 9.17) is 0 Å². The van der Waals surface area contributed by atoms with Gasteiger partial charge in [-0.15, -0.1) is 11.3 Å². The first-order valence-electron chi connectivity index (χ1n) is 9.03. The molecule has 1 aliphatic heterocycles. The molecule has 0 spiro atoms. The summed E-state index contributed by atoms with van der Waals surface area (Å²) < 4.78 is 22.7. The second kappa shape index (κ2) is 8.50. The molecule has 1 fully saturated rings. The van der Waals surface area contributed by atoms with Crippen molar-refractivity contribution in [1.82, 2.24) is 9.88 Å². The molecule has 6 nitrogen and oxygen atoms in total. The molecule has 2 heterocycles. The number of hydrogen-bond acceptors (Lipinski definition) is 6. The van der Waals surface area contributed by atoms with Crippen molar-refractivity contribution in [2.24, 2.45) is 5.92 Å². The van der Waals surface area contributed by atoms with Crippen molar-refractivity contribution in [2.45, 2.75) is 32.1 Å². The van der Waals surface area contributed by atoms with Crippen LogP contribution < -0.4 is 5.32 Å². The highest BCUT2D eigenvalue weighted by Crippen LogP contribution is 2.21. The number of anilines is 1. The van der Waals surface area contributed by atoms with Gasteiger partial charge in [0.2, 0.25) is 0 Å². The maximum atomic E-state index is 12.4. The summed E-state index contributed by atoms with van der Waals surface area (Å²) in [4.78, 5) is 19.3. The Balaban J connectivity index is 1.56. The van der Waals surface area contributed by atoms with Crippen molar-refractivity contribution in [1.29, 1.82) is 0 Å². The molecule has 1 aromatic carbocycles. The molecule has 3 rings (SSSR count). The standard InChI is InChI=1S/C19H25N3O3S2/c1-14-7-9-22(10-8-14)11-17-12-26-19(20-17)21-18(23)16-5-3-15(4-6-16)13-27(2,24)25/h3-6,12,14H,7-11,13H2,1-2H3,(H,20,21,23). The van der Waals surface area contributed by atoms with Crippen LogP contribution in [-0.2, 0) is 22.1 Å². The molecule has 1 amide bonds. The molecule has 0 unspecified atom stereocenters. The summed E-state index contributed by atoms with van der Waals surface area (Å²) in [6.45, 7) is 5.31. The molecule has 0 bridgehead atoms. The number of likely N-dealkylation sites (tertiary alicyclic amines) is 1. The fourth-order valence-electron chi connectivity index (χ4n) is 3.11. The molecule has 2 aromatic rings. The Morgan fingerprint density at radius 3 is 2.56 bits per heavy atom. The minimum Gasteiger partial charge on any atom is -0.298 e. The fraction of sp³-hybridized carbons (Fsp3) is 0.474. The highest BCUT2D eigenvalue weighted by atomic mass is 32.2. The first-order valence-corrected chi connectivity index (χ1v) is 12.0. The van der Waals surface area contributed by atoms with E-state index in [1.807, 2.05) is 5.38 Å². The summed E-state index contributed by atoms with van der Waals surface area (Å²) in [6, 6.07) is 6.61. The van der Waals surface area contributed by atoms with E-state index in [9.17, 15) is 13.2 Å². The second-order valence-corrected chi connectivity index (χ2v) is 10.3. The van der Waals surface area contributed by atoms with Gasteiger partial charge in [0.25, 0.3) is 5.91 Å². The Kier molecular flexibility index (Phi) is 6.29. The van der Waals surface area contributed by atoms with E-state index in [0.717, 1.165) is 31.2 Å². The molecule has 1 aliphatic rings. The van der Waals surface area contributed by atoms with Gasteiger partial charge in [0, 0.05) is 23.7 Å². The molecule has 8 heteroatoms. The average molecular weight is 408 g/mol. The highest BCUT2D eigenvalue weighted by Gasteiger charge is 2.17. The summed E-state index contributed by atoms with van der Waals surface area (Å²) >= 11 is 1.42. The van der Waals surface area contributed by atoms with Gasteiger partial charge < -0.3 is 0 Å². The minimum atomic E-state index is -3.08. The Hall–Kier alpha value is -1.77. The number of nitrogens with zero attached hydrogens (tertiary/aromatic N) is 2. The molecule has 1 saturated heterocycles. The normalized spacial score (nSPS) is 16.4. The predicted octanol–water partition coefficient (Wildman–Crippen LogP) is 3.17. The van der Waals surface area contributed by atoms with Crippen molar-refractivity contribution >= 4 is 32.2 Å². The third kappa shape index (κ3) is 6.12. The maximum absolute atomic E-state index is 12.4. The summed E-state index contributed by atoms with van der Waals surface area (Å²) in [7, 11) is -3.08. The zero-order valence-corrected chi connectivity index (χ0v) is 17.3. The number of hydrogen-bond donors (Lipinski definition) is 1. The van der Waals surface area contributed by atoms with Crippen LogP contribution in [0.25, 0.3) is 0 Å². The highest BCUT2D eigenvalue weighted by molar-refractivity contribution is 7.89. The van der Waals surface area contributed by atoms with Gasteiger partial charge in [0.05, 0.1) is 11.4 Å². The van der Waals surface area contributed by atoms with E-state index >= 15 is 0 Å². The molecule has 146 valence electrons. The third-order valence-electron chi connectivity index (χ3n) is 4.68. The van der Waals surface area contributed by atoms with Crippen molar-refractivity contribution in [2.75, 3.05) is 24.7 Å². The lowest BCUT2D eigenvalue weighted by Gasteiger charge is -2.29. The van der Waals surface area contributed by atoms with Crippen LogP contribution in [0, 0.1) is 5.92 Å². The van der Waals surface area contributed by atoms with Gasteiger partial charge in [0.15, 0.2) is 15.0 Å². The first kappa shape index (κ1) is 20.0. The number of sulfone groups is 1. The van der Waals surface area contributed by atoms with Crippen molar-refractivity contribution < 1.29 is 13.2 Å². The van der Waals surface area contributed by atoms with E-state index in [0.29, 0.717) is 16.3 Å². The molecule has 0 aliphatic carbocycles. The summed E-state index contributed by atoms with van der Waals surface area (Å²) in [6.07, 6.45) is 3.64. The SMILES string of the molecule is CC1CCN(Cc2csc(NC(=O)c3ccc(CS(C)(=O)=O)cc3)n2)CC1. The Labute approximate surface area is 164 Å². The molecule has 1 N–H and O–H groups in total. The topological polar surface area (TPSA) is 79.4 Å². The van der Waals surface area contributed by atoms with Gasteiger partial charge >= 0.3 is 0 Å². The average Bonchev–Trinajstić information content (AvgIpc) is 3.03. The summed E-state index contributed by atoms with van der Waals surface area (Å²) in [5.74, 6) is 0.531. The van der Waals surface area contributed by atoms with E-state index in [2.05, 4.69) is 22.1 Å².